The third-order valence-electron chi connectivity index (χ3n) is 3.16. The molecule has 1 aromatic carbocycles. The fraction of sp³-hybridized carbons (Fsp3) is 0.267. The summed E-state index contributed by atoms with van der Waals surface area (Å²) in [6.45, 7) is 1.63. The number of carbonyl (C=O) groups excluding carboxylic acids is 1. The second-order valence-corrected chi connectivity index (χ2v) is 4.78. The van der Waals surface area contributed by atoms with Crippen molar-refractivity contribution in [2.24, 2.45) is 5.92 Å². The fourth-order valence-electron chi connectivity index (χ4n) is 1.93. The van der Waals surface area contributed by atoms with Crippen molar-refractivity contribution >= 4 is 11.9 Å². The first kappa shape index (κ1) is 14.8. The molecule has 0 bridgehead atoms. The molecular formula is C15H17N3O3. The molecular weight excluding hydrogens is 270 g/mol. The van der Waals surface area contributed by atoms with Crippen molar-refractivity contribution in [2.45, 2.75) is 13.0 Å². The van der Waals surface area contributed by atoms with Gasteiger partial charge in [0, 0.05) is 18.9 Å². The summed E-state index contributed by atoms with van der Waals surface area (Å²) in [6, 6.07) is 10.4. The zero-order valence-electron chi connectivity index (χ0n) is 11.6. The van der Waals surface area contributed by atoms with Gasteiger partial charge in [-0.3, -0.25) is 14.3 Å². The number of benzene rings is 1. The van der Waals surface area contributed by atoms with Crippen LogP contribution < -0.4 is 5.32 Å². The Morgan fingerprint density at radius 3 is 2.57 bits per heavy atom. The summed E-state index contributed by atoms with van der Waals surface area (Å²) < 4.78 is 1.55. The van der Waals surface area contributed by atoms with Crippen LogP contribution in [0.1, 0.15) is 18.5 Å². The van der Waals surface area contributed by atoms with E-state index in [0.29, 0.717) is 0 Å². The van der Waals surface area contributed by atoms with Gasteiger partial charge in [0.1, 0.15) is 0 Å². The molecule has 0 radical (unpaired) electrons. The second-order valence-electron chi connectivity index (χ2n) is 4.78. The topological polar surface area (TPSA) is 84.2 Å². The van der Waals surface area contributed by atoms with Crippen molar-refractivity contribution in [2.75, 3.05) is 6.54 Å². The largest absolute Gasteiger partial charge is 0.481 e. The molecule has 110 valence electrons. The Labute approximate surface area is 122 Å². The molecule has 0 saturated heterocycles. The van der Waals surface area contributed by atoms with E-state index in [0.717, 1.165) is 5.56 Å². The van der Waals surface area contributed by atoms with Crippen molar-refractivity contribution in [3.8, 4) is 0 Å². The summed E-state index contributed by atoms with van der Waals surface area (Å²) in [5, 5.41) is 15.7. The molecule has 1 aromatic heterocycles. The van der Waals surface area contributed by atoms with E-state index in [1.54, 1.807) is 30.1 Å². The lowest BCUT2D eigenvalue weighted by Crippen LogP contribution is -2.37. The van der Waals surface area contributed by atoms with Crippen LogP contribution in [0.15, 0.2) is 48.8 Å². The lowest BCUT2D eigenvalue weighted by Gasteiger charge is -2.18. The molecule has 2 rings (SSSR count). The highest BCUT2D eigenvalue weighted by molar-refractivity contribution is 5.84. The average molecular weight is 287 g/mol. The normalized spacial score (nSPS) is 13.4. The number of carbonyl (C=O) groups is 2. The zero-order chi connectivity index (χ0) is 15.2. The van der Waals surface area contributed by atoms with E-state index >= 15 is 0 Å². The van der Waals surface area contributed by atoms with Gasteiger partial charge in [-0.2, -0.15) is 5.10 Å². The molecule has 6 heteroatoms. The minimum Gasteiger partial charge on any atom is -0.481 e. The number of aliphatic carboxylic acids is 1. The molecule has 1 heterocycles. The number of hydrogen-bond acceptors (Lipinski definition) is 3. The van der Waals surface area contributed by atoms with Crippen molar-refractivity contribution < 1.29 is 14.7 Å². The molecule has 6 nitrogen and oxygen atoms in total. The molecule has 0 saturated carbocycles. The van der Waals surface area contributed by atoms with Gasteiger partial charge in [0.2, 0.25) is 5.91 Å². The number of amides is 1. The van der Waals surface area contributed by atoms with Gasteiger partial charge >= 0.3 is 5.97 Å². The van der Waals surface area contributed by atoms with Crippen LogP contribution in [0, 0.1) is 5.92 Å². The molecule has 2 atom stereocenters. The number of rotatable bonds is 6. The van der Waals surface area contributed by atoms with Crippen molar-refractivity contribution in [1.29, 1.82) is 0 Å². The van der Waals surface area contributed by atoms with Crippen LogP contribution in [0.5, 0.6) is 0 Å². The number of nitrogens with one attached hydrogen (secondary N) is 1. The summed E-state index contributed by atoms with van der Waals surface area (Å²) in [7, 11) is 0. The van der Waals surface area contributed by atoms with Gasteiger partial charge in [0.15, 0.2) is 6.04 Å². The molecule has 0 aliphatic heterocycles. The number of aromatic nitrogens is 2. The first-order chi connectivity index (χ1) is 10.1. The number of carboxylic acid groups (broad SMARTS) is 1. The van der Waals surface area contributed by atoms with Crippen molar-refractivity contribution in [1.82, 2.24) is 15.1 Å². The predicted octanol–water partition coefficient (Wildman–Crippen LogP) is 1.31. The summed E-state index contributed by atoms with van der Waals surface area (Å²) >= 11 is 0. The van der Waals surface area contributed by atoms with E-state index in [-0.39, 0.29) is 12.5 Å². The van der Waals surface area contributed by atoms with E-state index in [1.165, 1.54) is 0 Å². The smallest absolute Gasteiger partial charge is 0.308 e. The van der Waals surface area contributed by atoms with Gasteiger partial charge in [0.25, 0.3) is 0 Å². The van der Waals surface area contributed by atoms with E-state index in [9.17, 15) is 9.59 Å². The van der Waals surface area contributed by atoms with Gasteiger partial charge in [-0.25, -0.2) is 0 Å². The molecule has 2 aromatic rings. The first-order valence-corrected chi connectivity index (χ1v) is 6.64. The molecule has 0 spiro atoms. The minimum absolute atomic E-state index is 0.0821. The van der Waals surface area contributed by atoms with Crippen LogP contribution in [-0.4, -0.2) is 33.3 Å². The summed E-state index contributed by atoms with van der Waals surface area (Å²) in [4.78, 5) is 23.2. The van der Waals surface area contributed by atoms with E-state index < -0.39 is 17.9 Å². The maximum absolute atomic E-state index is 12.4. The Bertz CT molecular complexity index is 596. The van der Waals surface area contributed by atoms with Crippen LogP contribution in [0.2, 0.25) is 0 Å². The van der Waals surface area contributed by atoms with Crippen molar-refractivity contribution in [3.63, 3.8) is 0 Å². The van der Waals surface area contributed by atoms with Crippen LogP contribution in [-0.2, 0) is 9.59 Å². The predicted molar refractivity (Wildman–Crippen MR) is 76.6 cm³/mol. The fourth-order valence-corrected chi connectivity index (χ4v) is 1.93. The zero-order valence-corrected chi connectivity index (χ0v) is 11.6. The molecule has 0 aliphatic carbocycles. The van der Waals surface area contributed by atoms with E-state index in [2.05, 4.69) is 10.4 Å². The highest BCUT2D eigenvalue weighted by Gasteiger charge is 2.23. The minimum atomic E-state index is -0.939. The lowest BCUT2D eigenvalue weighted by atomic mass is 10.1. The summed E-state index contributed by atoms with van der Waals surface area (Å²) in [5.41, 5.74) is 0.793. The van der Waals surface area contributed by atoms with Gasteiger partial charge < -0.3 is 10.4 Å². The van der Waals surface area contributed by atoms with Gasteiger partial charge in [-0.15, -0.1) is 0 Å². The highest BCUT2D eigenvalue weighted by Crippen LogP contribution is 2.17. The quantitative estimate of drug-likeness (QED) is 0.839. The molecule has 2 unspecified atom stereocenters. The van der Waals surface area contributed by atoms with Crippen molar-refractivity contribution in [3.05, 3.63) is 54.4 Å². The maximum atomic E-state index is 12.4. The average Bonchev–Trinajstić information content (AvgIpc) is 3.00. The van der Waals surface area contributed by atoms with Gasteiger partial charge in [0.05, 0.1) is 5.92 Å². The highest BCUT2D eigenvalue weighted by atomic mass is 16.4. The summed E-state index contributed by atoms with van der Waals surface area (Å²) in [6.07, 6.45) is 3.31. The second kappa shape index (κ2) is 6.69. The molecule has 0 aliphatic rings. The Morgan fingerprint density at radius 2 is 2.00 bits per heavy atom. The van der Waals surface area contributed by atoms with Crippen LogP contribution in [0.3, 0.4) is 0 Å². The number of carboxylic acids is 1. The van der Waals surface area contributed by atoms with Crippen LogP contribution in [0.25, 0.3) is 0 Å². The van der Waals surface area contributed by atoms with Gasteiger partial charge in [-0.05, 0) is 11.6 Å². The Morgan fingerprint density at radius 1 is 1.29 bits per heavy atom. The molecule has 0 fully saturated rings. The maximum Gasteiger partial charge on any atom is 0.308 e. The van der Waals surface area contributed by atoms with Crippen LogP contribution in [0.4, 0.5) is 0 Å². The SMILES string of the molecule is CC(CNC(=O)C(c1ccccc1)n1cccn1)C(=O)O. The number of nitrogens with zero attached hydrogens (tertiary/aromatic N) is 2. The van der Waals surface area contributed by atoms with E-state index in [4.69, 9.17) is 5.11 Å². The molecule has 1 amide bonds. The monoisotopic (exact) mass is 287 g/mol. The van der Waals surface area contributed by atoms with E-state index in [1.807, 2.05) is 30.3 Å². The standard InChI is InChI=1S/C15H17N3O3/c1-11(15(20)21)10-16-14(19)13(18-9-5-8-17-18)12-6-3-2-4-7-12/h2-9,11,13H,10H2,1H3,(H,16,19)(H,20,21). The molecule has 21 heavy (non-hydrogen) atoms. The first-order valence-electron chi connectivity index (χ1n) is 6.64. The summed E-state index contributed by atoms with van der Waals surface area (Å²) in [5.74, 6) is -1.85. The number of hydrogen-bond donors (Lipinski definition) is 2. The third-order valence-corrected chi connectivity index (χ3v) is 3.16. The van der Waals surface area contributed by atoms with Crippen LogP contribution >= 0.6 is 0 Å². The Balaban J connectivity index is 2.17. The Hall–Kier alpha value is -2.63. The third kappa shape index (κ3) is 3.68. The lowest BCUT2D eigenvalue weighted by molar-refractivity contribution is -0.141. The molecule has 2 N–H and O–H groups in total. The van der Waals surface area contributed by atoms with Gasteiger partial charge in [-0.1, -0.05) is 37.3 Å². The Kier molecular flexibility index (Phi) is 4.71.